The molecular weight excluding hydrogens is 876 g/mol. The maximum absolute atomic E-state index is 13.0. The molecule has 0 rings (SSSR count). The van der Waals surface area contributed by atoms with Crippen molar-refractivity contribution in [1.82, 2.24) is 5.32 Å². The third kappa shape index (κ3) is 54.3. The van der Waals surface area contributed by atoms with Gasteiger partial charge >= 0.3 is 7.82 Å². The number of phosphoric ester groups is 1. The van der Waals surface area contributed by atoms with Crippen LogP contribution in [0.3, 0.4) is 0 Å². The highest BCUT2D eigenvalue weighted by atomic mass is 31.2. The smallest absolute Gasteiger partial charge is 0.387 e. The second-order valence-corrected chi connectivity index (χ2v) is 23.2. The number of hydrogen-bond acceptors (Lipinski definition) is 5. The monoisotopic (exact) mass is 994 g/mol. The van der Waals surface area contributed by atoms with Crippen LogP contribution >= 0.6 is 7.82 Å². The van der Waals surface area contributed by atoms with E-state index in [0.717, 1.165) is 44.9 Å². The van der Waals surface area contributed by atoms with Crippen molar-refractivity contribution < 1.29 is 32.9 Å². The number of carbonyl (C=O) groups excluding carboxylic acids is 1. The molecular formula is C60H118N2O6P+. The van der Waals surface area contributed by atoms with Crippen molar-refractivity contribution in [3.8, 4) is 0 Å². The average molecular weight is 995 g/mol. The van der Waals surface area contributed by atoms with Crippen LogP contribution in [0.5, 0.6) is 0 Å². The van der Waals surface area contributed by atoms with E-state index in [1.165, 1.54) is 225 Å². The molecule has 0 spiro atoms. The fourth-order valence-electron chi connectivity index (χ4n) is 8.90. The number of quaternary nitrogens is 1. The Kier molecular flexibility index (Phi) is 50.7. The molecule has 0 radical (unpaired) electrons. The second-order valence-electron chi connectivity index (χ2n) is 21.7. The normalized spacial score (nSPS) is 14.1. The number of amides is 1. The van der Waals surface area contributed by atoms with E-state index < -0.39 is 20.0 Å². The van der Waals surface area contributed by atoms with Crippen molar-refractivity contribution in [1.29, 1.82) is 0 Å². The molecule has 0 fully saturated rings. The van der Waals surface area contributed by atoms with E-state index in [-0.39, 0.29) is 19.1 Å². The van der Waals surface area contributed by atoms with Gasteiger partial charge in [0.15, 0.2) is 0 Å². The molecule has 0 aliphatic carbocycles. The summed E-state index contributed by atoms with van der Waals surface area (Å²) in [7, 11) is 1.56. The fourth-order valence-corrected chi connectivity index (χ4v) is 9.64. The summed E-state index contributed by atoms with van der Waals surface area (Å²) in [6.45, 7) is 4.81. The van der Waals surface area contributed by atoms with Crippen LogP contribution in [-0.2, 0) is 18.4 Å². The van der Waals surface area contributed by atoms with Crippen LogP contribution in [0.4, 0.5) is 0 Å². The van der Waals surface area contributed by atoms with E-state index in [4.69, 9.17) is 9.05 Å². The first kappa shape index (κ1) is 67.7. The lowest BCUT2D eigenvalue weighted by atomic mass is 10.0. The number of rotatable bonds is 55. The summed E-state index contributed by atoms with van der Waals surface area (Å²) in [5, 5.41) is 13.9. The number of aliphatic hydroxyl groups is 1. The minimum Gasteiger partial charge on any atom is -0.387 e. The minimum absolute atomic E-state index is 0.0550. The summed E-state index contributed by atoms with van der Waals surface area (Å²) < 4.78 is 23.7. The van der Waals surface area contributed by atoms with Crippen molar-refractivity contribution in [3.05, 3.63) is 36.5 Å². The Morgan fingerprint density at radius 2 is 0.797 bits per heavy atom. The molecule has 0 aromatic rings. The molecule has 3 N–H and O–H groups in total. The molecule has 1 amide bonds. The number of nitrogens with one attached hydrogen (secondary N) is 1. The van der Waals surface area contributed by atoms with Crippen LogP contribution in [0.25, 0.3) is 0 Å². The first-order valence-corrected chi connectivity index (χ1v) is 31.4. The zero-order valence-corrected chi connectivity index (χ0v) is 47.5. The van der Waals surface area contributed by atoms with E-state index in [9.17, 15) is 19.4 Å². The number of likely N-dealkylation sites (N-methyl/N-ethyl adjacent to an activating group) is 1. The topological polar surface area (TPSA) is 105 Å². The Bertz CT molecular complexity index is 1220. The molecule has 3 atom stereocenters. The molecule has 69 heavy (non-hydrogen) atoms. The Balaban J connectivity index is 4.07. The molecule has 0 bridgehead atoms. The predicted molar refractivity (Wildman–Crippen MR) is 300 cm³/mol. The second kappa shape index (κ2) is 51.6. The third-order valence-corrected chi connectivity index (χ3v) is 14.6. The summed E-state index contributed by atoms with van der Waals surface area (Å²) in [5.74, 6) is -0.186. The van der Waals surface area contributed by atoms with Gasteiger partial charge in [0.2, 0.25) is 5.91 Å². The summed E-state index contributed by atoms with van der Waals surface area (Å²) >= 11 is 0. The molecule has 8 nitrogen and oxygen atoms in total. The number of allylic oxidation sites excluding steroid dienone is 5. The molecule has 0 saturated carbocycles. The molecule has 0 aliphatic heterocycles. The molecule has 408 valence electrons. The molecule has 9 heteroatoms. The van der Waals surface area contributed by atoms with Gasteiger partial charge in [0, 0.05) is 6.42 Å². The number of carbonyl (C=O) groups is 1. The number of aliphatic hydroxyl groups excluding tert-OH is 1. The van der Waals surface area contributed by atoms with Crippen LogP contribution in [0.1, 0.15) is 290 Å². The number of unbranched alkanes of at least 4 members (excludes halogenated alkanes) is 38. The Hall–Kier alpha value is -1.28. The number of phosphoric acid groups is 1. The van der Waals surface area contributed by atoms with Crippen LogP contribution in [0.2, 0.25) is 0 Å². The lowest BCUT2D eigenvalue weighted by Crippen LogP contribution is -2.45. The quantitative estimate of drug-likeness (QED) is 0.0243. The van der Waals surface area contributed by atoms with Gasteiger partial charge in [0.25, 0.3) is 0 Å². The van der Waals surface area contributed by atoms with E-state index in [2.05, 4.69) is 43.5 Å². The molecule has 0 aliphatic rings. The van der Waals surface area contributed by atoms with Gasteiger partial charge in [-0.15, -0.1) is 0 Å². The van der Waals surface area contributed by atoms with Crippen molar-refractivity contribution >= 4 is 13.7 Å². The lowest BCUT2D eigenvalue weighted by molar-refractivity contribution is -0.870. The Labute approximate surface area is 429 Å². The van der Waals surface area contributed by atoms with Gasteiger partial charge in [-0.1, -0.05) is 275 Å². The Morgan fingerprint density at radius 1 is 0.478 bits per heavy atom. The zero-order valence-electron chi connectivity index (χ0n) is 46.6. The third-order valence-electron chi connectivity index (χ3n) is 13.6. The van der Waals surface area contributed by atoms with Crippen LogP contribution in [-0.4, -0.2) is 73.4 Å². The van der Waals surface area contributed by atoms with Crippen molar-refractivity contribution in [2.45, 2.75) is 302 Å². The summed E-state index contributed by atoms with van der Waals surface area (Å²) in [4.78, 5) is 23.3. The van der Waals surface area contributed by atoms with E-state index in [1.807, 2.05) is 27.2 Å². The molecule has 0 saturated heterocycles. The molecule has 0 heterocycles. The van der Waals surface area contributed by atoms with Gasteiger partial charge in [-0.3, -0.25) is 13.8 Å². The highest BCUT2D eigenvalue weighted by Crippen LogP contribution is 2.43. The van der Waals surface area contributed by atoms with Crippen molar-refractivity contribution in [2.75, 3.05) is 40.9 Å². The standard InChI is InChI=1S/C60H117N2O6P/c1-6-8-10-12-14-16-18-20-22-24-25-26-27-28-29-30-31-32-33-34-35-36-37-38-40-42-44-46-48-50-52-54-60(64)61-58(57-68-69(65,66)67-56-55-62(3,4)5)59(63)53-51-49-47-45-43-41-39-23-21-19-17-15-13-11-9-7-2/h21,23,43,45,51,53,58-59,63H,6-20,22,24-42,44,46-50,52,54-57H2,1-5H3,(H-,61,64,65,66)/p+1/b23-21+,45-43+,53-51+. The van der Waals surface area contributed by atoms with Gasteiger partial charge in [-0.05, 0) is 44.9 Å². The number of hydrogen-bond donors (Lipinski definition) is 3. The van der Waals surface area contributed by atoms with E-state index in [0.29, 0.717) is 17.4 Å². The highest BCUT2D eigenvalue weighted by Gasteiger charge is 2.27. The van der Waals surface area contributed by atoms with Crippen LogP contribution in [0, 0.1) is 0 Å². The summed E-state index contributed by atoms with van der Waals surface area (Å²) in [5.41, 5.74) is 0. The zero-order chi connectivity index (χ0) is 50.6. The highest BCUT2D eigenvalue weighted by molar-refractivity contribution is 7.47. The first-order valence-electron chi connectivity index (χ1n) is 29.9. The predicted octanol–water partition coefficient (Wildman–Crippen LogP) is 18.2. The van der Waals surface area contributed by atoms with E-state index >= 15 is 0 Å². The SMILES string of the molecule is CCCCCCCC/C=C/CC/C=C/CC/C=C/C(O)C(COP(=O)(O)OCC[N+](C)(C)C)NC(=O)CCCCCCCCCCCCCCCCCCCCCCCCCCCCCCCCC. The van der Waals surface area contributed by atoms with Gasteiger partial charge in [-0.2, -0.15) is 0 Å². The van der Waals surface area contributed by atoms with E-state index in [1.54, 1.807) is 6.08 Å². The van der Waals surface area contributed by atoms with Crippen molar-refractivity contribution in [2.24, 2.45) is 0 Å². The molecule has 0 aromatic heterocycles. The molecule has 0 aromatic carbocycles. The van der Waals surface area contributed by atoms with Gasteiger partial charge in [0.05, 0.1) is 39.9 Å². The molecule has 3 unspecified atom stereocenters. The van der Waals surface area contributed by atoms with Crippen molar-refractivity contribution in [3.63, 3.8) is 0 Å². The Morgan fingerprint density at radius 3 is 1.16 bits per heavy atom. The first-order chi connectivity index (χ1) is 33.5. The number of nitrogens with zero attached hydrogens (tertiary/aromatic N) is 1. The minimum atomic E-state index is -4.36. The summed E-state index contributed by atoms with van der Waals surface area (Å²) in [6, 6.07) is -0.867. The van der Waals surface area contributed by atoms with Crippen LogP contribution in [0.15, 0.2) is 36.5 Å². The lowest BCUT2D eigenvalue weighted by Gasteiger charge is -2.25. The average Bonchev–Trinajstić information content (AvgIpc) is 3.31. The maximum atomic E-state index is 13.0. The van der Waals surface area contributed by atoms with Crippen LogP contribution < -0.4 is 5.32 Å². The largest absolute Gasteiger partial charge is 0.472 e. The fraction of sp³-hybridized carbons (Fsp3) is 0.883. The van der Waals surface area contributed by atoms with Gasteiger partial charge in [-0.25, -0.2) is 4.57 Å². The summed E-state index contributed by atoms with van der Waals surface area (Å²) in [6.07, 6.45) is 67.0. The van der Waals surface area contributed by atoms with Gasteiger partial charge in [0.1, 0.15) is 13.2 Å². The maximum Gasteiger partial charge on any atom is 0.472 e. The van der Waals surface area contributed by atoms with Gasteiger partial charge < -0.3 is 19.8 Å².